The van der Waals surface area contributed by atoms with Gasteiger partial charge in [0.2, 0.25) is 0 Å². The van der Waals surface area contributed by atoms with Crippen LogP contribution in [0.5, 0.6) is 5.75 Å². The third-order valence-corrected chi connectivity index (χ3v) is 3.93. The molecule has 0 spiro atoms. The molecule has 2 aromatic carbocycles. The van der Waals surface area contributed by atoms with Gasteiger partial charge in [-0.3, -0.25) is 0 Å². The summed E-state index contributed by atoms with van der Waals surface area (Å²) >= 11 is 0. The summed E-state index contributed by atoms with van der Waals surface area (Å²) in [5, 5.41) is 10.1. The minimum atomic E-state index is 0.174. The van der Waals surface area contributed by atoms with Gasteiger partial charge >= 0.3 is 0 Å². The zero-order valence-corrected chi connectivity index (χ0v) is 13.1. The number of rotatable bonds is 2. The van der Waals surface area contributed by atoms with Gasteiger partial charge in [-0.15, -0.1) is 0 Å². The number of aromatic hydroxyl groups is 1. The van der Waals surface area contributed by atoms with Gasteiger partial charge in [-0.1, -0.05) is 69.7 Å². The Labute approximate surface area is 122 Å². The standard InChI is InChI=1S/C19H24O/c1-13-6-11-18(20)17(12-13)14(2)15-7-9-16(10-8-15)19(3,4)5/h6-12,14,20H,1-5H3. The summed E-state index contributed by atoms with van der Waals surface area (Å²) in [5.41, 5.74) is 4.91. The van der Waals surface area contributed by atoms with E-state index in [0.29, 0.717) is 5.75 Å². The molecule has 0 saturated carbocycles. The van der Waals surface area contributed by atoms with Crippen LogP contribution in [-0.4, -0.2) is 5.11 Å². The van der Waals surface area contributed by atoms with E-state index in [9.17, 15) is 5.11 Å². The lowest BCUT2D eigenvalue weighted by molar-refractivity contribution is 0.466. The van der Waals surface area contributed by atoms with E-state index in [4.69, 9.17) is 0 Å². The van der Waals surface area contributed by atoms with Gasteiger partial charge in [0.1, 0.15) is 5.75 Å². The average molecular weight is 268 g/mol. The Morgan fingerprint density at radius 3 is 2.10 bits per heavy atom. The van der Waals surface area contributed by atoms with Gasteiger partial charge in [-0.05, 0) is 29.5 Å². The molecule has 1 unspecified atom stereocenters. The van der Waals surface area contributed by atoms with Crippen molar-refractivity contribution in [2.75, 3.05) is 0 Å². The van der Waals surface area contributed by atoms with Crippen LogP contribution in [0.25, 0.3) is 0 Å². The van der Waals surface area contributed by atoms with Crippen molar-refractivity contribution in [2.24, 2.45) is 0 Å². The molecule has 1 nitrogen and oxygen atoms in total. The molecule has 0 aliphatic rings. The highest BCUT2D eigenvalue weighted by atomic mass is 16.3. The van der Waals surface area contributed by atoms with Crippen molar-refractivity contribution < 1.29 is 5.11 Å². The van der Waals surface area contributed by atoms with Gasteiger partial charge in [0.05, 0.1) is 0 Å². The number of hydrogen-bond acceptors (Lipinski definition) is 1. The van der Waals surface area contributed by atoms with Crippen LogP contribution in [0.2, 0.25) is 0 Å². The van der Waals surface area contributed by atoms with E-state index < -0.39 is 0 Å². The fraction of sp³-hybridized carbons (Fsp3) is 0.368. The molecule has 0 bridgehead atoms. The first-order chi connectivity index (χ1) is 9.29. The number of benzene rings is 2. The number of aryl methyl sites for hydroxylation is 1. The van der Waals surface area contributed by atoms with Gasteiger partial charge in [-0.2, -0.15) is 0 Å². The molecule has 1 heteroatoms. The van der Waals surface area contributed by atoms with Crippen molar-refractivity contribution in [2.45, 2.75) is 46.0 Å². The smallest absolute Gasteiger partial charge is 0.119 e. The van der Waals surface area contributed by atoms with Crippen LogP contribution < -0.4 is 0 Å². The van der Waals surface area contributed by atoms with Crippen LogP contribution in [-0.2, 0) is 5.41 Å². The van der Waals surface area contributed by atoms with Gasteiger partial charge in [0.25, 0.3) is 0 Å². The van der Waals surface area contributed by atoms with E-state index in [2.05, 4.69) is 65.0 Å². The molecular formula is C19H24O. The van der Waals surface area contributed by atoms with Crippen molar-refractivity contribution >= 4 is 0 Å². The Bertz CT molecular complexity index is 588. The maximum absolute atomic E-state index is 10.1. The Kier molecular flexibility index (Phi) is 3.89. The zero-order chi connectivity index (χ0) is 14.9. The summed E-state index contributed by atoms with van der Waals surface area (Å²) < 4.78 is 0. The summed E-state index contributed by atoms with van der Waals surface area (Å²) in [6.07, 6.45) is 0. The molecule has 0 heterocycles. The lowest BCUT2D eigenvalue weighted by atomic mass is 9.84. The molecule has 0 aliphatic carbocycles. The number of phenolic OH excluding ortho intramolecular Hbond substituents is 1. The summed E-state index contributed by atoms with van der Waals surface area (Å²) in [7, 11) is 0. The zero-order valence-electron chi connectivity index (χ0n) is 13.1. The highest BCUT2D eigenvalue weighted by Gasteiger charge is 2.16. The Hall–Kier alpha value is -1.76. The molecule has 0 radical (unpaired) electrons. The average Bonchev–Trinajstić information content (AvgIpc) is 2.40. The van der Waals surface area contributed by atoms with Crippen LogP contribution in [0, 0.1) is 6.92 Å². The Morgan fingerprint density at radius 1 is 0.950 bits per heavy atom. The Morgan fingerprint density at radius 2 is 1.55 bits per heavy atom. The number of hydrogen-bond donors (Lipinski definition) is 1. The lowest BCUT2D eigenvalue weighted by Crippen LogP contribution is -2.11. The summed E-state index contributed by atoms with van der Waals surface area (Å²) in [6, 6.07) is 14.5. The summed E-state index contributed by atoms with van der Waals surface area (Å²) in [6.45, 7) is 10.9. The van der Waals surface area contributed by atoms with Crippen LogP contribution in [0.4, 0.5) is 0 Å². The molecule has 0 amide bonds. The minimum Gasteiger partial charge on any atom is -0.508 e. The van der Waals surface area contributed by atoms with E-state index in [1.807, 2.05) is 6.07 Å². The van der Waals surface area contributed by atoms with E-state index in [-0.39, 0.29) is 11.3 Å². The maximum Gasteiger partial charge on any atom is 0.119 e. The van der Waals surface area contributed by atoms with E-state index >= 15 is 0 Å². The predicted octanol–water partition coefficient (Wildman–Crippen LogP) is 5.15. The van der Waals surface area contributed by atoms with E-state index in [0.717, 1.165) is 5.56 Å². The molecule has 106 valence electrons. The lowest BCUT2D eigenvalue weighted by Gasteiger charge is -2.21. The highest BCUT2D eigenvalue weighted by Crippen LogP contribution is 2.32. The fourth-order valence-corrected chi connectivity index (χ4v) is 2.47. The van der Waals surface area contributed by atoms with E-state index in [1.165, 1.54) is 16.7 Å². The third-order valence-electron chi connectivity index (χ3n) is 3.93. The van der Waals surface area contributed by atoms with Crippen LogP contribution in [0.1, 0.15) is 55.9 Å². The summed E-state index contributed by atoms with van der Waals surface area (Å²) in [5.74, 6) is 0.576. The number of phenols is 1. The second kappa shape index (κ2) is 5.32. The topological polar surface area (TPSA) is 20.2 Å². The molecule has 20 heavy (non-hydrogen) atoms. The summed E-state index contributed by atoms with van der Waals surface area (Å²) in [4.78, 5) is 0. The fourth-order valence-electron chi connectivity index (χ4n) is 2.47. The molecule has 2 aromatic rings. The maximum atomic E-state index is 10.1. The van der Waals surface area contributed by atoms with Gasteiger partial charge < -0.3 is 5.11 Å². The molecule has 1 N–H and O–H groups in total. The van der Waals surface area contributed by atoms with Crippen molar-refractivity contribution in [1.29, 1.82) is 0 Å². The van der Waals surface area contributed by atoms with Gasteiger partial charge in [-0.25, -0.2) is 0 Å². The first-order valence-corrected chi connectivity index (χ1v) is 7.19. The minimum absolute atomic E-state index is 0.174. The van der Waals surface area contributed by atoms with Crippen LogP contribution in [0.3, 0.4) is 0 Å². The third kappa shape index (κ3) is 3.04. The van der Waals surface area contributed by atoms with Crippen LogP contribution in [0.15, 0.2) is 42.5 Å². The molecule has 0 aliphatic heterocycles. The van der Waals surface area contributed by atoms with Crippen molar-refractivity contribution in [3.05, 3.63) is 64.7 Å². The second-order valence-electron chi connectivity index (χ2n) is 6.66. The molecule has 1 atom stereocenters. The predicted molar refractivity (Wildman–Crippen MR) is 85.5 cm³/mol. The quantitative estimate of drug-likeness (QED) is 0.798. The SMILES string of the molecule is Cc1ccc(O)c(C(C)c2ccc(C(C)(C)C)cc2)c1. The van der Waals surface area contributed by atoms with Crippen LogP contribution >= 0.6 is 0 Å². The van der Waals surface area contributed by atoms with Crippen molar-refractivity contribution in [1.82, 2.24) is 0 Å². The molecular weight excluding hydrogens is 244 g/mol. The van der Waals surface area contributed by atoms with Gasteiger partial charge in [0, 0.05) is 11.5 Å². The first kappa shape index (κ1) is 14.6. The normalized spacial score (nSPS) is 13.2. The van der Waals surface area contributed by atoms with Crippen molar-refractivity contribution in [3.63, 3.8) is 0 Å². The second-order valence-corrected chi connectivity index (χ2v) is 6.66. The molecule has 0 saturated heterocycles. The monoisotopic (exact) mass is 268 g/mol. The first-order valence-electron chi connectivity index (χ1n) is 7.19. The largest absolute Gasteiger partial charge is 0.508 e. The molecule has 0 aromatic heterocycles. The highest BCUT2D eigenvalue weighted by molar-refractivity contribution is 5.43. The van der Waals surface area contributed by atoms with Gasteiger partial charge in [0.15, 0.2) is 0 Å². The Balaban J connectivity index is 2.34. The van der Waals surface area contributed by atoms with Crippen molar-refractivity contribution in [3.8, 4) is 5.75 Å². The molecule has 0 fully saturated rings. The molecule has 2 rings (SSSR count). The van der Waals surface area contributed by atoms with E-state index in [1.54, 1.807) is 6.07 Å².